The van der Waals surface area contributed by atoms with Crippen molar-refractivity contribution in [1.29, 1.82) is 0 Å². The average molecular weight is 233 g/mol. The van der Waals surface area contributed by atoms with Gasteiger partial charge in [0, 0.05) is 6.04 Å². The summed E-state index contributed by atoms with van der Waals surface area (Å²) in [5, 5.41) is 3.62. The van der Waals surface area contributed by atoms with Crippen molar-refractivity contribution in [2.45, 2.75) is 51.7 Å². The minimum Gasteiger partial charge on any atom is -0.491 e. The van der Waals surface area contributed by atoms with E-state index in [1.54, 1.807) is 0 Å². The van der Waals surface area contributed by atoms with Gasteiger partial charge in [0.1, 0.15) is 5.75 Å². The Balaban J connectivity index is 2.08. The van der Waals surface area contributed by atoms with Crippen LogP contribution in [0.2, 0.25) is 0 Å². The van der Waals surface area contributed by atoms with Gasteiger partial charge >= 0.3 is 0 Å². The van der Waals surface area contributed by atoms with Gasteiger partial charge in [0.25, 0.3) is 0 Å². The Morgan fingerprint density at radius 2 is 2.12 bits per heavy atom. The number of hydrogen-bond acceptors (Lipinski definition) is 2. The molecule has 1 heterocycles. The van der Waals surface area contributed by atoms with E-state index in [9.17, 15) is 0 Å². The van der Waals surface area contributed by atoms with E-state index in [-0.39, 0.29) is 6.10 Å². The van der Waals surface area contributed by atoms with Crippen LogP contribution in [-0.4, -0.2) is 12.6 Å². The maximum Gasteiger partial charge on any atom is 0.120 e. The van der Waals surface area contributed by atoms with Crippen molar-refractivity contribution in [3.63, 3.8) is 0 Å². The third-order valence-electron chi connectivity index (χ3n) is 3.19. The predicted molar refractivity (Wildman–Crippen MR) is 71.4 cm³/mol. The highest BCUT2D eigenvalue weighted by Crippen LogP contribution is 2.25. The summed E-state index contributed by atoms with van der Waals surface area (Å²) in [6.07, 6.45) is 5.47. The summed E-state index contributed by atoms with van der Waals surface area (Å²) in [7, 11) is 0. The lowest BCUT2D eigenvalue weighted by Crippen LogP contribution is -2.20. The molecule has 1 unspecified atom stereocenters. The fourth-order valence-electron chi connectivity index (χ4n) is 2.39. The summed E-state index contributed by atoms with van der Waals surface area (Å²) in [5.41, 5.74) is 1.37. The summed E-state index contributed by atoms with van der Waals surface area (Å²) >= 11 is 0. The molecule has 0 radical (unpaired) electrons. The molecular formula is C15H23NO. The molecule has 0 aromatic heterocycles. The molecule has 0 saturated carbocycles. The molecule has 1 aromatic rings. The molecule has 1 fully saturated rings. The lowest BCUT2D eigenvalue weighted by atomic mass is 10.0. The molecule has 1 aliphatic heterocycles. The first-order chi connectivity index (χ1) is 8.25. The van der Waals surface area contributed by atoms with Gasteiger partial charge in [-0.05, 0) is 50.9 Å². The molecule has 17 heavy (non-hydrogen) atoms. The van der Waals surface area contributed by atoms with Crippen molar-refractivity contribution in [1.82, 2.24) is 5.32 Å². The van der Waals surface area contributed by atoms with E-state index < -0.39 is 0 Å². The Hall–Kier alpha value is -1.02. The average Bonchev–Trinajstić information content (AvgIpc) is 2.57. The largest absolute Gasteiger partial charge is 0.491 e. The van der Waals surface area contributed by atoms with E-state index in [2.05, 4.69) is 37.4 Å². The van der Waals surface area contributed by atoms with Crippen molar-refractivity contribution in [2.75, 3.05) is 6.54 Å². The van der Waals surface area contributed by atoms with Crippen LogP contribution in [-0.2, 0) is 0 Å². The molecule has 1 atom stereocenters. The molecule has 94 valence electrons. The van der Waals surface area contributed by atoms with E-state index >= 15 is 0 Å². The van der Waals surface area contributed by atoms with Crippen molar-refractivity contribution in [3.8, 4) is 5.75 Å². The quantitative estimate of drug-likeness (QED) is 0.860. The van der Waals surface area contributed by atoms with Gasteiger partial charge in [0.05, 0.1) is 6.10 Å². The van der Waals surface area contributed by atoms with Crippen molar-refractivity contribution in [2.24, 2.45) is 0 Å². The van der Waals surface area contributed by atoms with Crippen LogP contribution >= 0.6 is 0 Å². The van der Waals surface area contributed by atoms with Gasteiger partial charge in [0.15, 0.2) is 0 Å². The monoisotopic (exact) mass is 233 g/mol. The molecule has 2 nitrogen and oxygen atoms in total. The van der Waals surface area contributed by atoms with E-state index in [1.165, 1.54) is 31.2 Å². The molecule has 0 aliphatic carbocycles. The fraction of sp³-hybridized carbons (Fsp3) is 0.600. The van der Waals surface area contributed by atoms with E-state index in [0.29, 0.717) is 6.04 Å². The fourth-order valence-corrected chi connectivity index (χ4v) is 2.39. The van der Waals surface area contributed by atoms with Crippen molar-refractivity contribution >= 4 is 0 Å². The first-order valence-electron chi connectivity index (χ1n) is 6.76. The summed E-state index contributed by atoms with van der Waals surface area (Å²) < 4.78 is 5.75. The Morgan fingerprint density at radius 3 is 2.94 bits per heavy atom. The highest BCUT2D eigenvalue weighted by atomic mass is 16.5. The minimum absolute atomic E-state index is 0.243. The summed E-state index contributed by atoms with van der Waals surface area (Å²) in [5.74, 6) is 0.989. The Bertz CT molecular complexity index is 341. The van der Waals surface area contributed by atoms with E-state index in [0.717, 1.165) is 12.3 Å². The first kappa shape index (κ1) is 12.4. The molecule has 1 N–H and O–H groups in total. The molecule has 0 amide bonds. The molecule has 2 heteroatoms. The lowest BCUT2D eigenvalue weighted by molar-refractivity contribution is 0.242. The zero-order valence-electron chi connectivity index (χ0n) is 10.9. The summed E-state index contributed by atoms with van der Waals surface area (Å²) in [4.78, 5) is 0. The van der Waals surface area contributed by atoms with Gasteiger partial charge < -0.3 is 10.1 Å². The van der Waals surface area contributed by atoms with Crippen LogP contribution in [0.3, 0.4) is 0 Å². The number of rotatable bonds is 3. The Kier molecular flexibility index (Phi) is 4.43. The SMILES string of the molecule is CC(C)Oc1cccc(C2CCCCCN2)c1. The second-order valence-corrected chi connectivity index (χ2v) is 5.10. The van der Waals surface area contributed by atoms with Gasteiger partial charge in [-0.3, -0.25) is 0 Å². The van der Waals surface area contributed by atoms with Crippen LogP contribution in [0.4, 0.5) is 0 Å². The normalized spacial score (nSPS) is 21.2. The van der Waals surface area contributed by atoms with Crippen LogP contribution in [0.5, 0.6) is 5.75 Å². The highest BCUT2D eigenvalue weighted by molar-refractivity contribution is 5.30. The number of benzene rings is 1. The molecule has 1 saturated heterocycles. The molecule has 1 aliphatic rings. The van der Waals surface area contributed by atoms with E-state index in [1.807, 2.05) is 6.07 Å². The van der Waals surface area contributed by atoms with Crippen LogP contribution in [0.1, 0.15) is 51.1 Å². The standard InChI is InChI=1S/C15H23NO/c1-12(2)17-14-8-6-7-13(11-14)15-9-4-3-5-10-16-15/h6-8,11-12,15-16H,3-5,9-10H2,1-2H3. The molecule has 0 bridgehead atoms. The zero-order chi connectivity index (χ0) is 12.1. The summed E-state index contributed by atoms with van der Waals surface area (Å²) in [6.45, 7) is 5.27. The lowest BCUT2D eigenvalue weighted by Gasteiger charge is -2.18. The van der Waals surface area contributed by atoms with Crippen molar-refractivity contribution < 1.29 is 4.74 Å². The predicted octanol–water partition coefficient (Wildman–Crippen LogP) is 3.68. The topological polar surface area (TPSA) is 21.3 Å². The van der Waals surface area contributed by atoms with E-state index in [4.69, 9.17) is 4.74 Å². The third kappa shape index (κ3) is 3.74. The van der Waals surface area contributed by atoms with Crippen LogP contribution in [0, 0.1) is 0 Å². The second-order valence-electron chi connectivity index (χ2n) is 5.10. The van der Waals surface area contributed by atoms with Crippen molar-refractivity contribution in [3.05, 3.63) is 29.8 Å². The highest BCUT2D eigenvalue weighted by Gasteiger charge is 2.14. The zero-order valence-corrected chi connectivity index (χ0v) is 10.9. The molecule has 2 rings (SSSR count). The Labute approximate surface area is 104 Å². The first-order valence-corrected chi connectivity index (χ1v) is 6.76. The van der Waals surface area contributed by atoms with Gasteiger partial charge in [-0.15, -0.1) is 0 Å². The smallest absolute Gasteiger partial charge is 0.120 e. The Morgan fingerprint density at radius 1 is 1.24 bits per heavy atom. The third-order valence-corrected chi connectivity index (χ3v) is 3.19. The van der Waals surface area contributed by atoms with Gasteiger partial charge in [0.2, 0.25) is 0 Å². The molecule has 1 aromatic carbocycles. The van der Waals surface area contributed by atoms with Crippen LogP contribution < -0.4 is 10.1 Å². The number of ether oxygens (including phenoxy) is 1. The summed E-state index contributed by atoms with van der Waals surface area (Å²) in [6, 6.07) is 9.03. The number of nitrogens with one attached hydrogen (secondary N) is 1. The molecular weight excluding hydrogens is 210 g/mol. The van der Waals surface area contributed by atoms with Gasteiger partial charge in [-0.2, -0.15) is 0 Å². The van der Waals surface area contributed by atoms with Crippen LogP contribution in [0.25, 0.3) is 0 Å². The maximum absolute atomic E-state index is 5.75. The molecule has 0 spiro atoms. The van der Waals surface area contributed by atoms with Crippen LogP contribution in [0.15, 0.2) is 24.3 Å². The van der Waals surface area contributed by atoms with Gasteiger partial charge in [-0.1, -0.05) is 25.0 Å². The maximum atomic E-state index is 5.75. The van der Waals surface area contributed by atoms with Gasteiger partial charge in [-0.25, -0.2) is 0 Å². The minimum atomic E-state index is 0.243. The second kappa shape index (κ2) is 6.06. The number of hydrogen-bond donors (Lipinski definition) is 1.